The highest BCUT2D eigenvalue weighted by Gasteiger charge is 2.59. The molecule has 1 unspecified atom stereocenters. The first-order chi connectivity index (χ1) is 10.2. The second-order valence-corrected chi connectivity index (χ2v) is 6.36. The lowest BCUT2D eigenvalue weighted by atomic mass is 9.98. The third-order valence-corrected chi connectivity index (χ3v) is 5.36. The van der Waals surface area contributed by atoms with Gasteiger partial charge in [0.15, 0.2) is 12.4 Å². The van der Waals surface area contributed by atoms with Crippen molar-refractivity contribution < 1.29 is 19.3 Å². The lowest BCUT2D eigenvalue weighted by Gasteiger charge is -2.49. The monoisotopic (exact) mass is 304 g/mol. The Labute approximate surface area is 125 Å². The highest BCUT2D eigenvalue weighted by molar-refractivity contribution is 8.03. The normalized spacial score (nSPS) is 30.8. The van der Waals surface area contributed by atoms with E-state index in [1.54, 1.807) is 36.3 Å². The van der Waals surface area contributed by atoms with Gasteiger partial charge in [0.25, 0.3) is 0 Å². The van der Waals surface area contributed by atoms with Crippen LogP contribution in [0.4, 0.5) is 0 Å². The van der Waals surface area contributed by atoms with Gasteiger partial charge in [0.2, 0.25) is 0 Å². The van der Waals surface area contributed by atoms with Gasteiger partial charge in [0, 0.05) is 35.5 Å². The van der Waals surface area contributed by atoms with Crippen molar-refractivity contribution in [2.75, 3.05) is 12.4 Å². The molecule has 3 atom stereocenters. The van der Waals surface area contributed by atoms with Crippen molar-refractivity contribution in [2.24, 2.45) is 0 Å². The molecule has 7 heteroatoms. The minimum Gasteiger partial charge on any atom is -0.480 e. The molecule has 3 aliphatic rings. The van der Waals surface area contributed by atoms with E-state index in [2.05, 4.69) is 5.32 Å². The van der Waals surface area contributed by atoms with Crippen LogP contribution in [0.15, 0.2) is 41.1 Å². The Bertz CT molecular complexity index is 661. The Morgan fingerprint density at radius 2 is 2.10 bits per heavy atom. The minimum atomic E-state index is -0.948. The molecule has 0 aromatic carbocycles. The largest absolute Gasteiger partial charge is 0.480 e. The maximum Gasteiger partial charge on any atom is 0.423 e. The maximum absolute atomic E-state index is 12.8. The zero-order valence-electron chi connectivity index (χ0n) is 11.1. The number of aromatic nitrogens is 1. The molecule has 4 rings (SSSR count). The third kappa shape index (κ3) is 1.78. The number of nitrogens with zero attached hydrogens (tertiary/aromatic N) is 2. The number of carbonyl (C=O) groups is 2. The second-order valence-electron chi connectivity index (χ2n) is 5.35. The van der Waals surface area contributed by atoms with Crippen LogP contribution in [0.3, 0.4) is 0 Å². The number of rotatable bonds is 2. The second kappa shape index (κ2) is 4.66. The first-order valence-corrected chi connectivity index (χ1v) is 7.77. The van der Waals surface area contributed by atoms with E-state index in [1.807, 2.05) is 11.0 Å². The smallest absolute Gasteiger partial charge is 0.423 e. The predicted molar refractivity (Wildman–Crippen MR) is 75.6 cm³/mol. The number of carboxylic acid groups (broad SMARTS) is 1. The molecule has 4 heterocycles. The van der Waals surface area contributed by atoms with Gasteiger partial charge in [0.1, 0.15) is 11.6 Å². The Kier molecular flexibility index (Phi) is 2.88. The van der Waals surface area contributed by atoms with E-state index in [-0.39, 0.29) is 18.0 Å². The van der Waals surface area contributed by atoms with Crippen LogP contribution in [0.1, 0.15) is 4.79 Å². The molecule has 2 fully saturated rings. The lowest BCUT2D eigenvalue weighted by Crippen LogP contribution is -2.68. The first-order valence-electron chi connectivity index (χ1n) is 6.78. The fourth-order valence-corrected chi connectivity index (χ4v) is 4.60. The molecule has 21 heavy (non-hydrogen) atoms. The summed E-state index contributed by atoms with van der Waals surface area (Å²) in [4.78, 5) is 27.3. The molecule has 1 aromatic heterocycles. The summed E-state index contributed by atoms with van der Waals surface area (Å²) in [5.74, 6) is -0.455. The van der Waals surface area contributed by atoms with Crippen LogP contribution in [0.25, 0.3) is 0 Å². The molecule has 0 saturated carbocycles. The summed E-state index contributed by atoms with van der Waals surface area (Å²) in [5.41, 5.74) is 0.428. The molecule has 6 nitrogen and oxygen atoms in total. The summed E-state index contributed by atoms with van der Waals surface area (Å²) in [6, 6.07) is 4.85. The van der Waals surface area contributed by atoms with Gasteiger partial charge in [-0.3, -0.25) is 9.69 Å². The highest BCUT2D eigenvalue weighted by atomic mass is 32.2. The van der Waals surface area contributed by atoms with Crippen LogP contribution in [0.2, 0.25) is 0 Å². The Hall–Kier alpha value is -1.70. The molecule has 0 amide bonds. The van der Waals surface area contributed by atoms with Crippen LogP contribution in [-0.2, 0) is 4.79 Å². The van der Waals surface area contributed by atoms with E-state index in [1.165, 1.54) is 4.57 Å². The molecule has 0 spiro atoms. The SMILES string of the molecule is O=C(O)C1C(C(=O)[n+]2ccccc2)=C2SCN[C@H]3CN1[C@H]23. The zero-order valence-corrected chi connectivity index (χ0v) is 11.9. The maximum atomic E-state index is 12.8. The van der Waals surface area contributed by atoms with E-state index in [0.29, 0.717) is 12.1 Å². The topological polar surface area (TPSA) is 73.5 Å². The van der Waals surface area contributed by atoms with Crippen LogP contribution >= 0.6 is 11.8 Å². The van der Waals surface area contributed by atoms with E-state index >= 15 is 0 Å². The number of nitrogens with one attached hydrogen (secondary N) is 1. The van der Waals surface area contributed by atoms with Crippen molar-refractivity contribution in [3.8, 4) is 0 Å². The number of thioether (sulfide) groups is 1. The van der Waals surface area contributed by atoms with Crippen LogP contribution in [0.5, 0.6) is 0 Å². The number of hydrogen-bond donors (Lipinski definition) is 2. The molecule has 0 radical (unpaired) electrons. The van der Waals surface area contributed by atoms with E-state index in [4.69, 9.17) is 0 Å². The summed E-state index contributed by atoms with van der Waals surface area (Å²) >= 11 is 1.55. The standard InChI is InChI=1S/C14H13N3O3S/c18-13(16-4-2-1-3-5-16)9-11(14(19)20)17-6-8-10(17)12(9)21-7-15-8/h1-5,8,10-11,15H,6-7H2/p+1/t8-,10-,11?/m0/s1. The molecular weight excluding hydrogens is 290 g/mol. The number of pyridine rings is 1. The summed E-state index contributed by atoms with van der Waals surface area (Å²) in [5, 5.41) is 12.9. The van der Waals surface area contributed by atoms with E-state index < -0.39 is 12.0 Å². The van der Waals surface area contributed by atoms with Crippen molar-refractivity contribution in [3.63, 3.8) is 0 Å². The van der Waals surface area contributed by atoms with Gasteiger partial charge in [-0.1, -0.05) is 6.07 Å². The number of aliphatic carboxylic acids is 1. The summed E-state index contributed by atoms with van der Waals surface area (Å²) in [7, 11) is 0. The van der Waals surface area contributed by atoms with Crippen molar-refractivity contribution in [1.82, 2.24) is 10.2 Å². The fourth-order valence-electron chi connectivity index (χ4n) is 3.32. The quantitative estimate of drug-likeness (QED) is 0.730. The molecule has 3 aliphatic heterocycles. The zero-order chi connectivity index (χ0) is 14.6. The van der Waals surface area contributed by atoms with Gasteiger partial charge >= 0.3 is 11.9 Å². The third-order valence-electron chi connectivity index (χ3n) is 4.27. The van der Waals surface area contributed by atoms with Crippen molar-refractivity contribution >= 4 is 23.6 Å². The van der Waals surface area contributed by atoms with Crippen LogP contribution < -0.4 is 9.88 Å². The van der Waals surface area contributed by atoms with Gasteiger partial charge < -0.3 is 10.4 Å². The first kappa shape index (κ1) is 13.0. The average molecular weight is 304 g/mol. The predicted octanol–water partition coefficient (Wildman–Crippen LogP) is -0.318. The van der Waals surface area contributed by atoms with Crippen LogP contribution in [-0.4, -0.2) is 52.4 Å². The summed E-state index contributed by atoms with van der Waals surface area (Å²) < 4.78 is 1.46. The molecule has 0 aliphatic carbocycles. The average Bonchev–Trinajstić information content (AvgIpc) is 2.78. The molecule has 2 saturated heterocycles. The van der Waals surface area contributed by atoms with Crippen molar-refractivity contribution in [3.05, 3.63) is 41.1 Å². The molecule has 1 aromatic rings. The number of carboxylic acids is 1. The summed E-state index contributed by atoms with van der Waals surface area (Å²) in [6.45, 7) is 0.682. The van der Waals surface area contributed by atoms with E-state index in [0.717, 1.165) is 10.8 Å². The summed E-state index contributed by atoms with van der Waals surface area (Å²) in [6.07, 6.45) is 3.32. The van der Waals surface area contributed by atoms with Gasteiger partial charge in [0.05, 0.1) is 6.04 Å². The lowest BCUT2D eigenvalue weighted by molar-refractivity contribution is -0.571. The van der Waals surface area contributed by atoms with Gasteiger partial charge in [-0.2, -0.15) is 0 Å². The van der Waals surface area contributed by atoms with Crippen molar-refractivity contribution in [2.45, 2.75) is 18.1 Å². The van der Waals surface area contributed by atoms with Gasteiger partial charge in [-0.05, 0) is 0 Å². The van der Waals surface area contributed by atoms with Gasteiger partial charge in [-0.15, -0.1) is 16.3 Å². The van der Waals surface area contributed by atoms with Crippen LogP contribution in [0, 0.1) is 0 Å². The molecular formula is C14H14N3O3S+. The Morgan fingerprint density at radius 3 is 2.81 bits per heavy atom. The molecule has 2 N–H and O–H groups in total. The van der Waals surface area contributed by atoms with Gasteiger partial charge in [-0.25, -0.2) is 4.79 Å². The Balaban J connectivity index is 1.80. The van der Waals surface area contributed by atoms with E-state index in [9.17, 15) is 14.7 Å². The highest BCUT2D eigenvalue weighted by Crippen LogP contribution is 2.46. The Morgan fingerprint density at radius 1 is 1.33 bits per heavy atom. The number of carbonyl (C=O) groups excluding carboxylic acids is 1. The molecule has 108 valence electrons. The van der Waals surface area contributed by atoms with Crippen molar-refractivity contribution in [1.29, 1.82) is 0 Å². The number of hydrogen-bond acceptors (Lipinski definition) is 5. The minimum absolute atomic E-state index is 0.0492. The fraction of sp³-hybridized carbons (Fsp3) is 0.357. The molecule has 0 bridgehead atoms.